The number of amides is 1. The number of benzene rings is 2. The van der Waals surface area contributed by atoms with Gasteiger partial charge in [-0.3, -0.25) is 9.36 Å². The maximum atomic E-state index is 12.5. The highest BCUT2D eigenvalue weighted by atomic mass is 32.1. The maximum Gasteiger partial charge on any atom is 0.270 e. The van der Waals surface area contributed by atoms with Gasteiger partial charge in [0.1, 0.15) is 5.69 Å². The Morgan fingerprint density at radius 3 is 2.70 bits per heavy atom. The first-order chi connectivity index (χ1) is 11.1. The fourth-order valence-corrected chi connectivity index (χ4v) is 2.73. The highest BCUT2D eigenvalue weighted by molar-refractivity contribution is 7.71. The minimum atomic E-state index is -0.164. The van der Waals surface area contributed by atoms with E-state index in [0.29, 0.717) is 17.0 Å². The Balaban J connectivity index is 1.82. The molecule has 0 saturated carbocycles. The molecule has 0 aliphatic rings. The fraction of sp³-hybridized carbons (Fsp3) is 0.111. The van der Waals surface area contributed by atoms with Gasteiger partial charge in [0, 0.05) is 18.4 Å². The number of aromatic nitrogens is 2. The van der Waals surface area contributed by atoms with E-state index >= 15 is 0 Å². The zero-order valence-corrected chi connectivity index (χ0v) is 13.6. The summed E-state index contributed by atoms with van der Waals surface area (Å²) in [5.74, 6) is -0.164. The van der Waals surface area contributed by atoms with Crippen molar-refractivity contribution in [3.05, 3.63) is 82.4 Å². The number of H-pyrrole nitrogens is 1. The third-order valence-electron chi connectivity index (χ3n) is 3.56. The number of rotatable bonds is 4. The fourth-order valence-electron chi connectivity index (χ4n) is 2.46. The Hall–Kier alpha value is -2.66. The first-order valence-corrected chi connectivity index (χ1v) is 7.75. The number of nitrogens with one attached hydrogen (secondary N) is 2. The highest BCUT2D eigenvalue weighted by Crippen LogP contribution is 2.13. The van der Waals surface area contributed by atoms with Gasteiger partial charge in [0.05, 0.1) is 0 Å². The van der Waals surface area contributed by atoms with Crippen molar-refractivity contribution in [2.45, 2.75) is 13.5 Å². The molecule has 1 amide bonds. The van der Waals surface area contributed by atoms with E-state index in [1.54, 1.807) is 10.8 Å². The Kier molecular flexibility index (Phi) is 4.39. The summed E-state index contributed by atoms with van der Waals surface area (Å²) >= 11 is 5.30. The molecule has 3 rings (SSSR count). The summed E-state index contributed by atoms with van der Waals surface area (Å²) in [4.78, 5) is 15.5. The third kappa shape index (κ3) is 3.40. The van der Waals surface area contributed by atoms with E-state index in [-0.39, 0.29) is 5.91 Å². The van der Waals surface area contributed by atoms with Crippen molar-refractivity contribution < 1.29 is 4.79 Å². The summed E-state index contributed by atoms with van der Waals surface area (Å²) in [5.41, 5.74) is 3.60. The molecule has 0 aliphatic carbocycles. The molecule has 1 aromatic heterocycles. The van der Waals surface area contributed by atoms with Crippen LogP contribution in [0.3, 0.4) is 0 Å². The van der Waals surface area contributed by atoms with Crippen molar-refractivity contribution in [2.24, 2.45) is 0 Å². The van der Waals surface area contributed by atoms with E-state index in [1.807, 2.05) is 55.5 Å². The number of para-hydroxylation sites is 1. The molecule has 116 valence electrons. The zero-order valence-electron chi connectivity index (χ0n) is 12.7. The minimum Gasteiger partial charge on any atom is -0.347 e. The van der Waals surface area contributed by atoms with Crippen LogP contribution in [0.2, 0.25) is 0 Å². The minimum absolute atomic E-state index is 0.164. The predicted molar refractivity (Wildman–Crippen MR) is 93.3 cm³/mol. The van der Waals surface area contributed by atoms with Crippen LogP contribution in [0.4, 0.5) is 0 Å². The number of nitrogens with zero attached hydrogens (tertiary/aromatic N) is 1. The van der Waals surface area contributed by atoms with Gasteiger partial charge in [0.25, 0.3) is 5.91 Å². The number of hydrogen-bond donors (Lipinski definition) is 2. The Labute approximate surface area is 139 Å². The van der Waals surface area contributed by atoms with Gasteiger partial charge in [0.15, 0.2) is 4.77 Å². The van der Waals surface area contributed by atoms with Crippen LogP contribution in [-0.2, 0) is 6.54 Å². The molecule has 0 radical (unpaired) electrons. The highest BCUT2D eigenvalue weighted by Gasteiger charge is 2.13. The number of imidazole rings is 1. The SMILES string of the molecule is Cc1cccc(CNC(=O)c2c[nH]c(=S)n2-c2ccccc2)c1. The summed E-state index contributed by atoms with van der Waals surface area (Å²) < 4.78 is 2.23. The van der Waals surface area contributed by atoms with Crippen LogP contribution in [0.1, 0.15) is 21.6 Å². The van der Waals surface area contributed by atoms with Gasteiger partial charge < -0.3 is 10.3 Å². The van der Waals surface area contributed by atoms with E-state index in [1.165, 1.54) is 5.56 Å². The van der Waals surface area contributed by atoms with Gasteiger partial charge in [-0.05, 0) is 36.8 Å². The van der Waals surface area contributed by atoms with Crippen molar-refractivity contribution >= 4 is 18.1 Å². The average molecular weight is 323 g/mol. The van der Waals surface area contributed by atoms with Crippen LogP contribution in [0, 0.1) is 11.7 Å². The standard InChI is InChI=1S/C18H17N3OS/c1-13-6-5-7-14(10-13)11-19-17(22)16-12-20-18(23)21(16)15-8-3-2-4-9-15/h2-10,12H,11H2,1H3,(H,19,22)(H,20,23). The molecule has 0 fully saturated rings. The largest absolute Gasteiger partial charge is 0.347 e. The van der Waals surface area contributed by atoms with Crippen molar-refractivity contribution in [3.63, 3.8) is 0 Å². The lowest BCUT2D eigenvalue weighted by molar-refractivity contribution is 0.0944. The molecule has 0 unspecified atom stereocenters. The van der Waals surface area contributed by atoms with Gasteiger partial charge in [-0.25, -0.2) is 0 Å². The molecule has 2 aromatic carbocycles. The molecule has 0 bridgehead atoms. The topological polar surface area (TPSA) is 49.8 Å². The number of carbonyl (C=O) groups excluding carboxylic acids is 1. The Morgan fingerprint density at radius 2 is 1.96 bits per heavy atom. The monoisotopic (exact) mass is 323 g/mol. The molecular weight excluding hydrogens is 306 g/mol. The number of hydrogen-bond acceptors (Lipinski definition) is 2. The van der Waals surface area contributed by atoms with Gasteiger partial charge in [-0.2, -0.15) is 0 Å². The van der Waals surface area contributed by atoms with Crippen LogP contribution < -0.4 is 5.32 Å². The van der Waals surface area contributed by atoms with Gasteiger partial charge >= 0.3 is 0 Å². The van der Waals surface area contributed by atoms with E-state index in [0.717, 1.165) is 11.3 Å². The molecule has 3 aromatic rings. The lowest BCUT2D eigenvalue weighted by Crippen LogP contribution is -2.25. The normalized spacial score (nSPS) is 10.5. The summed E-state index contributed by atoms with van der Waals surface area (Å²) in [6, 6.07) is 17.7. The van der Waals surface area contributed by atoms with E-state index in [2.05, 4.69) is 16.4 Å². The molecule has 0 aliphatic heterocycles. The summed E-state index contributed by atoms with van der Waals surface area (Å²) in [6.07, 6.45) is 1.64. The molecule has 0 spiro atoms. The van der Waals surface area contributed by atoms with E-state index in [9.17, 15) is 4.79 Å². The molecule has 2 N–H and O–H groups in total. The lowest BCUT2D eigenvalue weighted by atomic mass is 10.1. The van der Waals surface area contributed by atoms with E-state index in [4.69, 9.17) is 12.2 Å². The lowest BCUT2D eigenvalue weighted by Gasteiger charge is -2.09. The second-order valence-electron chi connectivity index (χ2n) is 5.32. The van der Waals surface area contributed by atoms with Crippen molar-refractivity contribution in [2.75, 3.05) is 0 Å². The summed E-state index contributed by atoms with van der Waals surface area (Å²) in [5, 5.41) is 2.94. The van der Waals surface area contributed by atoms with Crippen LogP contribution in [0.15, 0.2) is 60.8 Å². The first kappa shape index (κ1) is 15.2. The summed E-state index contributed by atoms with van der Waals surface area (Å²) in [6.45, 7) is 2.51. The number of aromatic amines is 1. The molecular formula is C18H17N3OS. The van der Waals surface area contributed by atoms with Crippen LogP contribution >= 0.6 is 12.2 Å². The Bertz CT molecular complexity index is 881. The predicted octanol–water partition coefficient (Wildman–Crippen LogP) is 3.77. The average Bonchev–Trinajstić information content (AvgIpc) is 2.95. The van der Waals surface area contributed by atoms with Gasteiger partial charge in [-0.1, -0.05) is 48.0 Å². The second kappa shape index (κ2) is 6.62. The zero-order chi connectivity index (χ0) is 16.2. The van der Waals surface area contributed by atoms with Crippen molar-refractivity contribution in [1.82, 2.24) is 14.9 Å². The summed E-state index contributed by atoms with van der Waals surface area (Å²) in [7, 11) is 0. The maximum absolute atomic E-state index is 12.5. The van der Waals surface area contributed by atoms with Crippen molar-refractivity contribution in [3.8, 4) is 5.69 Å². The first-order valence-electron chi connectivity index (χ1n) is 7.35. The van der Waals surface area contributed by atoms with Gasteiger partial charge in [-0.15, -0.1) is 0 Å². The van der Waals surface area contributed by atoms with Crippen LogP contribution in [0.5, 0.6) is 0 Å². The van der Waals surface area contributed by atoms with E-state index < -0.39 is 0 Å². The van der Waals surface area contributed by atoms with Gasteiger partial charge in [0.2, 0.25) is 0 Å². The van der Waals surface area contributed by atoms with Crippen molar-refractivity contribution in [1.29, 1.82) is 0 Å². The Morgan fingerprint density at radius 1 is 1.17 bits per heavy atom. The van der Waals surface area contributed by atoms with Crippen LogP contribution in [0.25, 0.3) is 5.69 Å². The molecule has 1 heterocycles. The molecule has 0 saturated heterocycles. The smallest absolute Gasteiger partial charge is 0.270 e. The molecule has 4 nitrogen and oxygen atoms in total. The van der Waals surface area contributed by atoms with Crippen LogP contribution in [-0.4, -0.2) is 15.5 Å². The molecule has 5 heteroatoms. The molecule has 0 atom stereocenters. The third-order valence-corrected chi connectivity index (χ3v) is 3.86. The second-order valence-corrected chi connectivity index (χ2v) is 5.71. The number of aryl methyl sites for hydroxylation is 1. The molecule has 23 heavy (non-hydrogen) atoms. The quantitative estimate of drug-likeness (QED) is 0.718. The number of carbonyl (C=O) groups is 1.